The maximum atomic E-state index is 12.7. The van der Waals surface area contributed by atoms with E-state index in [2.05, 4.69) is 35.1 Å². The molecule has 0 spiro atoms. The second kappa shape index (κ2) is 10.1. The van der Waals surface area contributed by atoms with Crippen molar-refractivity contribution in [1.82, 2.24) is 10.8 Å². The summed E-state index contributed by atoms with van der Waals surface area (Å²) in [6, 6.07) is 16.2. The van der Waals surface area contributed by atoms with Crippen LogP contribution in [0.25, 0.3) is 11.1 Å². The van der Waals surface area contributed by atoms with E-state index in [0.717, 1.165) is 43.2 Å². The summed E-state index contributed by atoms with van der Waals surface area (Å²) in [6.45, 7) is 0.239. The number of fused-ring (bicyclic) bond motifs is 3. The number of carboxylic acids is 1. The van der Waals surface area contributed by atoms with Crippen molar-refractivity contribution in [3.8, 4) is 11.1 Å². The van der Waals surface area contributed by atoms with Gasteiger partial charge in [-0.3, -0.25) is 9.63 Å². The van der Waals surface area contributed by atoms with Crippen LogP contribution in [0.2, 0.25) is 0 Å². The first-order chi connectivity index (χ1) is 17.0. The van der Waals surface area contributed by atoms with E-state index < -0.39 is 18.2 Å². The maximum absolute atomic E-state index is 12.7. The molecular formula is C27H30N2O6. The van der Waals surface area contributed by atoms with E-state index in [4.69, 9.17) is 9.57 Å². The van der Waals surface area contributed by atoms with Gasteiger partial charge in [-0.1, -0.05) is 55.0 Å². The summed E-state index contributed by atoms with van der Waals surface area (Å²) < 4.78 is 5.65. The minimum atomic E-state index is -1.07. The lowest BCUT2D eigenvalue weighted by Gasteiger charge is -2.22. The zero-order valence-electron chi connectivity index (χ0n) is 19.4. The monoisotopic (exact) mass is 478 g/mol. The average molecular weight is 479 g/mol. The van der Waals surface area contributed by atoms with Crippen LogP contribution < -0.4 is 10.8 Å². The molecule has 35 heavy (non-hydrogen) atoms. The number of ether oxygens (including phenoxy) is 1. The predicted octanol–water partition coefficient (Wildman–Crippen LogP) is 3.99. The molecule has 3 aliphatic rings. The Labute approximate surface area is 204 Å². The van der Waals surface area contributed by atoms with Gasteiger partial charge in [0.05, 0.1) is 0 Å². The molecule has 2 amide bonds. The number of benzene rings is 2. The van der Waals surface area contributed by atoms with Gasteiger partial charge in [0.1, 0.15) is 6.61 Å². The molecule has 3 unspecified atom stereocenters. The number of hydrogen-bond acceptors (Lipinski definition) is 5. The Morgan fingerprint density at radius 2 is 1.60 bits per heavy atom. The van der Waals surface area contributed by atoms with E-state index in [0.29, 0.717) is 0 Å². The fourth-order valence-corrected chi connectivity index (χ4v) is 5.42. The minimum absolute atomic E-state index is 0.0101. The fourth-order valence-electron chi connectivity index (χ4n) is 5.42. The van der Waals surface area contributed by atoms with Crippen LogP contribution in [-0.2, 0) is 19.2 Å². The smallest absolute Gasteiger partial charge is 0.407 e. The van der Waals surface area contributed by atoms with Crippen LogP contribution in [0.15, 0.2) is 48.5 Å². The lowest BCUT2D eigenvalue weighted by Crippen LogP contribution is -2.41. The predicted molar refractivity (Wildman–Crippen MR) is 127 cm³/mol. The molecule has 0 heterocycles. The van der Waals surface area contributed by atoms with Gasteiger partial charge in [-0.25, -0.2) is 15.1 Å². The number of carbonyl (C=O) groups is 3. The zero-order valence-corrected chi connectivity index (χ0v) is 19.4. The van der Waals surface area contributed by atoms with E-state index in [-0.39, 0.29) is 42.7 Å². The Morgan fingerprint density at radius 1 is 0.943 bits per heavy atom. The lowest BCUT2D eigenvalue weighted by molar-refractivity contribution is -0.162. The van der Waals surface area contributed by atoms with Crippen molar-refractivity contribution in [3.05, 3.63) is 59.7 Å². The Morgan fingerprint density at radius 3 is 2.23 bits per heavy atom. The van der Waals surface area contributed by atoms with Crippen LogP contribution in [0.5, 0.6) is 0 Å². The molecule has 3 N–H and O–H groups in total. The molecule has 0 bridgehead atoms. The van der Waals surface area contributed by atoms with Crippen molar-refractivity contribution >= 4 is 18.0 Å². The highest BCUT2D eigenvalue weighted by Crippen LogP contribution is 2.44. The number of amides is 2. The summed E-state index contributed by atoms with van der Waals surface area (Å²) in [5, 5.41) is 12.2. The van der Waals surface area contributed by atoms with Crippen molar-refractivity contribution in [3.63, 3.8) is 0 Å². The molecule has 8 heteroatoms. The highest BCUT2D eigenvalue weighted by atomic mass is 16.7. The Balaban J connectivity index is 1.12. The van der Waals surface area contributed by atoms with Gasteiger partial charge in [-0.05, 0) is 59.8 Å². The lowest BCUT2D eigenvalue weighted by atomic mass is 9.98. The second-order valence-electron chi connectivity index (χ2n) is 9.71. The van der Waals surface area contributed by atoms with Gasteiger partial charge in [0.25, 0.3) is 0 Å². The maximum Gasteiger partial charge on any atom is 0.407 e. The number of carboxylic acid groups (broad SMARTS) is 1. The molecule has 0 saturated heterocycles. The first-order valence-electron chi connectivity index (χ1n) is 12.3. The molecule has 8 nitrogen and oxygen atoms in total. The molecule has 184 valence electrons. The van der Waals surface area contributed by atoms with E-state index >= 15 is 0 Å². The van der Waals surface area contributed by atoms with E-state index in [1.54, 1.807) is 0 Å². The first-order valence-corrected chi connectivity index (χ1v) is 12.3. The molecule has 0 radical (unpaired) electrons. The van der Waals surface area contributed by atoms with Gasteiger partial charge in [-0.2, -0.15) is 0 Å². The summed E-state index contributed by atoms with van der Waals surface area (Å²) in [4.78, 5) is 41.4. The van der Waals surface area contributed by atoms with Gasteiger partial charge < -0.3 is 15.2 Å². The number of alkyl carbamates (subject to hydrolysis) is 1. The molecule has 3 aliphatic carbocycles. The largest absolute Gasteiger partial charge is 0.479 e. The van der Waals surface area contributed by atoms with Crippen molar-refractivity contribution in [2.45, 2.75) is 56.6 Å². The highest BCUT2D eigenvalue weighted by Gasteiger charge is 2.38. The van der Waals surface area contributed by atoms with Crippen LogP contribution in [0.3, 0.4) is 0 Å². The fraction of sp³-hybridized carbons (Fsp3) is 0.444. The number of hydrogen-bond donors (Lipinski definition) is 3. The van der Waals surface area contributed by atoms with Crippen LogP contribution >= 0.6 is 0 Å². The Hall–Kier alpha value is -3.39. The number of rotatable bonds is 9. The van der Waals surface area contributed by atoms with Gasteiger partial charge in [0.15, 0.2) is 6.10 Å². The summed E-state index contributed by atoms with van der Waals surface area (Å²) in [5.74, 6) is -1.54. The van der Waals surface area contributed by atoms with Crippen molar-refractivity contribution < 1.29 is 29.1 Å². The molecule has 0 aromatic heterocycles. The molecule has 2 fully saturated rings. The average Bonchev–Trinajstić information content (AvgIpc) is 3.51. The third-order valence-corrected chi connectivity index (χ3v) is 7.35. The van der Waals surface area contributed by atoms with Crippen molar-refractivity contribution in [2.75, 3.05) is 6.61 Å². The number of aliphatic carboxylic acids is 1. The van der Waals surface area contributed by atoms with E-state index in [1.165, 1.54) is 11.1 Å². The zero-order chi connectivity index (χ0) is 24.4. The summed E-state index contributed by atoms with van der Waals surface area (Å²) in [7, 11) is 0. The van der Waals surface area contributed by atoms with Crippen LogP contribution in [0, 0.1) is 11.8 Å². The topological polar surface area (TPSA) is 114 Å². The minimum Gasteiger partial charge on any atom is -0.479 e. The van der Waals surface area contributed by atoms with Crippen molar-refractivity contribution in [2.24, 2.45) is 11.8 Å². The van der Waals surface area contributed by atoms with Gasteiger partial charge in [-0.15, -0.1) is 0 Å². The number of hydroxylamine groups is 1. The highest BCUT2D eigenvalue weighted by molar-refractivity contribution is 5.79. The van der Waals surface area contributed by atoms with Crippen LogP contribution in [0.1, 0.15) is 55.6 Å². The van der Waals surface area contributed by atoms with E-state index in [1.807, 2.05) is 24.3 Å². The third kappa shape index (κ3) is 5.17. The molecule has 0 aliphatic heterocycles. The molecule has 2 aromatic rings. The third-order valence-electron chi connectivity index (χ3n) is 7.35. The normalized spacial score (nSPS) is 21.6. The molecule has 3 atom stereocenters. The molecule has 2 saturated carbocycles. The first kappa shape index (κ1) is 23.4. The standard InChI is InChI=1S/C27H30N2O6/c30-24(29-35-25(26(31)32)16-12-13-16)14-17-6-5-11-23(17)28-27(33)34-15-22-20-9-3-1-7-18(20)19-8-2-4-10-21(19)22/h1-4,7-10,16-17,22-23,25H,5-6,11-15H2,(H,28,33)(H,29,30)(H,31,32). The summed E-state index contributed by atoms with van der Waals surface area (Å²) in [6.07, 6.45) is 2.72. The number of carbonyl (C=O) groups excluding carboxylic acids is 2. The molecular weight excluding hydrogens is 448 g/mol. The Bertz CT molecular complexity index is 1070. The number of nitrogens with one attached hydrogen (secondary N) is 2. The van der Waals surface area contributed by atoms with Crippen LogP contribution in [-0.4, -0.2) is 41.8 Å². The van der Waals surface area contributed by atoms with Gasteiger partial charge in [0, 0.05) is 18.4 Å². The van der Waals surface area contributed by atoms with E-state index in [9.17, 15) is 19.5 Å². The molecule has 2 aromatic carbocycles. The second-order valence-corrected chi connectivity index (χ2v) is 9.71. The Kier molecular flexibility index (Phi) is 6.72. The van der Waals surface area contributed by atoms with Crippen molar-refractivity contribution in [1.29, 1.82) is 0 Å². The SMILES string of the molecule is O=C(CC1CCCC1NC(=O)OCC1c2ccccc2-c2ccccc21)NOC(C(=O)O)C1CC1. The van der Waals surface area contributed by atoms with Gasteiger partial charge in [0.2, 0.25) is 5.91 Å². The quantitative estimate of drug-likeness (QED) is 0.470. The summed E-state index contributed by atoms with van der Waals surface area (Å²) >= 11 is 0. The molecule has 5 rings (SSSR count). The summed E-state index contributed by atoms with van der Waals surface area (Å²) in [5.41, 5.74) is 6.96. The van der Waals surface area contributed by atoms with Gasteiger partial charge >= 0.3 is 12.1 Å². The van der Waals surface area contributed by atoms with Crippen LogP contribution in [0.4, 0.5) is 4.79 Å².